The second-order valence-electron chi connectivity index (χ2n) is 4.71. The van der Waals surface area contributed by atoms with Gasteiger partial charge >= 0.3 is 0 Å². The van der Waals surface area contributed by atoms with E-state index in [4.69, 9.17) is 16.3 Å². The molecule has 0 bridgehead atoms. The smallest absolute Gasteiger partial charge is 0.137 e. The number of aromatic nitrogens is 2. The molecule has 0 saturated carbocycles. The number of imidazole rings is 1. The third-order valence-electron chi connectivity index (χ3n) is 3.23. The fourth-order valence-electron chi connectivity index (χ4n) is 2.25. The molecule has 0 spiro atoms. The van der Waals surface area contributed by atoms with Crippen molar-refractivity contribution >= 4 is 17.2 Å². The van der Waals surface area contributed by atoms with Crippen LogP contribution in [0.15, 0.2) is 24.5 Å². The molecule has 5 heteroatoms. The van der Waals surface area contributed by atoms with Crippen molar-refractivity contribution in [2.45, 2.75) is 13.0 Å². The van der Waals surface area contributed by atoms with Crippen molar-refractivity contribution in [2.24, 2.45) is 5.92 Å². The Hall–Kier alpha value is -1.10. The topological polar surface area (TPSA) is 38.6 Å². The third kappa shape index (κ3) is 2.66. The van der Waals surface area contributed by atoms with E-state index in [-0.39, 0.29) is 0 Å². The van der Waals surface area contributed by atoms with Crippen LogP contribution >= 0.6 is 11.6 Å². The Morgan fingerprint density at radius 1 is 1.44 bits per heavy atom. The van der Waals surface area contributed by atoms with E-state index in [0.29, 0.717) is 5.92 Å². The molecule has 0 aromatic carbocycles. The SMILES string of the molecule is Clc1ccc2nc(CNCC3CCOC3)cn2c1. The van der Waals surface area contributed by atoms with Crippen LogP contribution in [0, 0.1) is 5.92 Å². The van der Waals surface area contributed by atoms with Crippen molar-refractivity contribution in [3.05, 3.63) is 35.2 Å². The molecule has 1 aliphatic rings. The van der Waals surface area contributed by atoms with E-state index in [0.717, 1.165) is 49.1 Å². The molecule has 1 atom stereocenters. The molecule has 1 unspecified atom stereocenters. The molecule has 2 aromatic heterocycles. The molecule has 2 aromatic rings. The molecule has 3 heterocycles. The van der Waals surface area contributed by atoms with Gasteiger partial charge in [-0.05, 0) is 24.5 Å². The predicted molar refractivity (Wildman–Crippen MR) is 70.8 cm³/mol. The van der Waals surface area contributed by atoms with Crippen LogP contribution in [0.4, 0.5) is 0 Å². The summed E-state index contributed by atoms with van der Waals surface area (Å²) in [6.07, 6.45) is 5.05. The van der Waals surface area contributed by atoms with E-state index in [1.54, 1.807) is 0 Å². The lowest BCUT2D eigenvalue weighted by Crippen LogP contribution is -2.22. The lowest BCUT2D eigenvalue weighted by atomic mass is 10.1. The van der Waals surface area contributed by atoms with Crippen LogP contribution in [0.2, 0.25) is 5.02 Å². The van der Waals surface area contributed by atoms with E-state index in [2.05, 4.69) is 10.3 Å². The Balaban J connectivity index is 1.60. The standard InChI is InChI=1S/C13H16ClN3O/c14-11-1-2-13-16-12(8-17(13)7-11)6-15-5-10-3-4-18-9-10/h1-2,7-8,10,15H,3-6,9H2. The minimum atomic E-state index is 0.650. The minimum Gasteiger partial charge on any atom is -0.381 e. The number of nitrogens with zero attached hydrogens (tertiary/aromatic N) is 2. The summed E-state index contributed by atoms with van der Waals surface area (Å²) in [5.74, 6) is 0.650. The number of ether oxygens (including phenoxy) is 1. The Kier molecular flexibility index (Phi) is 3.50. The largest absolute Gasteiger partial charge is 0.381 e. The van der Waals surface area contributed by atoms with E-state index < -0.39 is 0 Å². The Morgan fingerprint density at radius 3 is 3.22 bits per heavy atom. The van der Waals surface area contributed by atoms with Crippen molar-refractivity contribution in [3.63, 3.8) is 0 Å². The molecule has 0 amide bonds. The van der Waals surface area contributed by atoms with Gasteiger partial charge in [0.2, 0.25) is 0 Å². The first-order valence-corrected chi connectivity index (χ1v) is 6.60. The zero-order chi connectivity index (χ0) is 12.4. The van der Waals surface area contributed by atoms with Gasteiger partial charge in [0.25, 0.3) is 0 Å². The summed E-state index contributed by atoms with van der Waals surface area (Å²) in [5.41, 5.74) is 1.97. The molecule has 1 saturated heterocycles. The summed E-state index contributed by atoms with van der Waals surface area (Å²) in [5, 5.41) is 4.15. The summed E-state index contributed by atoms with van der Waals surface area (Å²) >= 11 is 5.94. The highest BCUT2D eigenvalue weighted by Crippen LogP contribution is 2.13. The number of rotatable bonds is 4. The summed E-state index contributed by atoms with van der Waals surface area (Å²) in [7, 11) is 0. The molecule has 0 aliphatic carbocycles. The number of hydrogen-bond donors (Lipinski definition) is 1. The summed E-state index contributed by atoms with van der Waals surface area (Å²) in [6.45, 7) is 3.57. The fourth-order valence-corrected chi connectivity index (χ4v) is 2.42. The van der Waals surface area contributed by atoms with Gasteiger partial charge in [0.1, 0.15) is 5.65 Å². The average molecular weight is 266 g/mol. The van der Waals surface area contributed by atoms with Crippen molar-refractivity contribution in [1.29, 1.82) is 0 Å². The Morgan fingerprint density at radius 2 is 2.39 bits per heavy atom. The highest BCUT2D eigenvalue weighted by atomic mass is 35.5. The Labute approximate surface area is 111 Å². The maximum Gasteiger partial charge on any atom is 0.137 e. The van der Waals surface area contributed by atoms with Gasteiger partial charge in [-0.3, -0.25) is 0 Å². The zero-order valence-electron chi connectivity index (χ0n) is 10.1. The van der Waals surface area contributed by atoms with E-state index in [1.807, 2.05) is 28.9 Å². The van der Waals surface area contributed by atoms with Crippen molar-refractivity contribution in [2.75, 3.05) is 19.8 Å². The number of fused-ring (bicyclic) bond motifs is 1. The predicted octanol–water partition coefficient (Wildman–Crippen LogP) is 2.11. The van der Waals surface area contributed by atoms with Crippen LogP contribution in [-0.2, 0) is 11.3 Å². The van der Waals surface area contributed by atoms with Crippen molar-refractivity contribution in [1.82, 2.24) is 14.7 Å². The molecular formula is C13H16ClN3O. The van der Waals surface area contributed by atoms with Crippen LogP contribution in [0.1, 0.15) is 12.1 Å². The van der Waals surface area contributed by atoms with Gasteiger partial charge < -0.3 is 14.5 Å². The van der Waals surface area contributed by atoms with Gasteiger partial charge in [0.05, 0.1) is 17.3 Å². The zero-order valence-corrected chi connectivity index (χ0v) is 10.9. The summed E-state index contributed by atoms with van der Waals surface area (Å²) < 4.78 is 7.30. The van der Waals surface area contributed by atoms with Crippen molar-refractivity contribution in [3.8, 4) is 0 Å². The average Bonchev–Trinajstić information content (AvgIpc) is 2.97. The number of halogens is 1. The molecule has 18 heavy (non-hydrogen) atoms. The van der Waals surface area contributed by atoms with Crippen LogP contribution in [-0.4, -0.2) is 29.1 Å². The first kappa shape index (κ1) is 12.0. The van der Waals surface area contributed by atoms with E-state index in [1.165, 1.54) is 0 Å². The first-order chi connectivity index (χ1) is 8.81. The fraction of sp³-hybridized carbons (Fsp3) is 0.462. The Bertz CT molecular complexity index is 534. The quantitative estimate of drug-likeness (QED) is 0.920. The van der Waals surface area contributed by atoms with Gasteiger partial charge in [0.15, 0.2) is 0 Å². The number of pyridine rings is 1. The van der Waals surface area contributed by atoms with Crippen LogP contribution in [0.5, 0.6) is 0 Å². The second kappa shape index (κ2) is 5.26. The number of hydrogen-bond acceptors (Lipinski definition) is 3. The maximum atomic E-state index is 5.94. The van der Waals surface area contributed by atoms with E-state index >= 15 is 0 Å². The molecule has 4 nitrogen and oxygen atoms in total. The van der Waals surface area contributed by atoms with Gasteiger partial charge in [-0.2, -0.15) is 0 Å². The summed E-state index contributed by atoms with van der Waals surface area (Å²) in [6, 6.07) is 3.79. The van der Waals surface area contributed by atoms with Gasteiger partial charge in [-0.15, -0.1) is 0 Å². The minimum absolute atomic E-state index is 0.650. The van der Waals surface area contributed by atoms with Gasteiger partial charge in [0, 0.05) is 32.1 Å². The van der Waals surface area contributed by atoms with Gasteiger partial charge in [-0.25, -0.2) is 4.98 Å². The van der Waals surface area contributed by atoms with Crippen LogP contribution in [0.25, 0.3) is 5.65 Å². The van der Waals surface area contributed by atoms with Crippen LogP contribution < -0.4 is 5.32 Å². The number of nitrogens with one attached hydrogen (secondary N) is 1. The molecule has 3 rings (SSSR count). The highest BCUT2D eigenvalue weighted by Gasteiger charge is 2.14. The lowest BCUT2D eigenvalue weighted by Gasteiger charge is -2.07. The maximum absolute atomic E-state index is 5.94. The molecule has 96 valence electrons. The monoisotopic (exact) mass is 265 g/mol. The molecule has 1 N–H and O–H groups in total. The third-order valence-corrected chi connectivity index (χ3v) is 3.45. The first-order valence-electron chi connectivity index (χ1n) is 6.23. The lowest BCUT2D eigenvalue weighted by molar-refractivity contribution is 0.185. The molecule has 1 aliphatic heterocycles. The van der Waals surface area contributed by atoms with Crippen molar-refractivity contribution < 1.29 is 4.74 Å². The normalized spacial score (nSPS) is 19.7. The second-order valence-corrected chi connectivity index (χ2v) is 5.14. The van der Waals surface area contributed by atoms with Crippen LogP contribution in [0.3, 0.4) is 0 Å². The highest BCUT2D eigenvalue weighted by molar-refractivity contribution is 6.30. The molecular weight excluding hydrogens is 250 g/mol. The summed E-state index contributed by atoms with van der Waals surface area (Å²) in [4.78, 5) is 4.53. The van der Waals surface area contributed by atoms with E-state index in [9.17, 15) is 0 Å². The van der Waals surface area contributed by atoms with Gasteiger partial charge in [-0.1, -0.05) is 11.6 Å². The molecule has 0 radical (unpaired) electrons. The molecule has 1 fully saturated rings.